The van der Waals surface area contributed by atoms with Crippen LogP contribution in [0, 0.1) is 5.92 Å². The minimum Gasteiger partial charge on any atom is -0.462 e. The fraction of sp³-hybridized carbons (Fsp3) is 0.889. The Bertz CT molecular complexity index is 142. The molecule has 2 atom stereocenters. The van der Waals surface area contributed by atoms with Crippen molar-refractivity contribution in [2.45, 2.75) is 45.6 Å². The fourth-order valence-electron chi connectivity index (χ4n) is 1.50. The molecule has 0 aromatic carbocycles. The quantitative estimate of drug-likeness (QED) is 0.572. The molecule has 0 amide bonds. The van der Waals surface area contributed by atoms with Crippen molar-refractivity contribution in [3.05, 3.63) is 0 Å². The first kappa shape index (κ1) is 8.57. The van der Waals surface area contributed by atoms with E-state index in [9.17, 15) is 4.79 Å². The van der Waals surface area contributed by atoms with Crippen LogP contribution < -0.4 is 0 Å². The standard InChI is InChI=1S/C9H16O2/c1-3-4-8-7(2)5-6-9(10)11-8/h7-8H,3-6H2,1-2H3/t7-,8-/m0/s1. The highest BCUT2D eigenvalue weighted by molar-refractivity contribution is 5.70. The first-order chi connectivity index (χ1) is 5.24. The highest BCUT2D eigenvalue weighted by Crippen LogP contribution is 2.23. The molecule has 1 saturated heterocycles. The van der Waals surface area contributed by atoms with Crippen molar-refractivity contribution >= 4 is 5.97 Å². The monoisotopic (exact) mass is 156 g/mol. The van der Waals surface area contributed by atoms with Gasteiger partial charge in [0, 0.05) is 6.42 Å². The van der Waals surface area contributed by atoms with Gasteiger partial charge in [-0.15, -0.1) is 0 Å². The zero-order valence-corrected chi connectivity index (χ0v) is 7.30. The maximum absolute atomic E-state index is 10.9. The largest absolute Gasteiger partial charge is 0.462 e. The molecule has 0 radical (unpaired) electrons. The number of hydrogen-bond acceptors (Lipinski definition) is 2. The summed E-state index contributed by atoms with van der Waals surface area (Å²) in [7, 11) is 0. The van der Waals surface area contributed by atoms with Crippen molar-refractivity contribution in [3.63, 3.8) is 0 Å². The summed E-state index contributed by atoms with van der Waals surface area (Å²) in [5, 5.41) is 0. The van der Waals surface area contributed by atoms with E-state index in [4.69, 9.17) is 4.74 Å². The second-order valence-corrected chi connectivity index (χ2v) is 3.33. The van der Waals surface area contributed by atoms with Crippen LogP contribution in [0.25, 0.3) is 0 Å². The maximum Gasteiger partial charge on any atom is 0.306 e. The Morgan fingerprint density at radius 3 is 3.00 bits per heavy atom. The van der Waals surface area contributed by atoms with Gasteiger partial charge in [-0.2, -0.15) is 0 Å². The van der Waals surface area contributed by atoms with Crippen LogP contribution in [0.1, 0.15) is 39.5 Å². The van der Waals surface area contributed by atoms with Crippen LogP contribution in [-0.4, -0.2) is 12.1 Å². The van der Waals surface area contributed by atoms with Gasteiger partial charge in [-0.1, -0.05) is 20.3 Å². The predicted octanol–water partition coefficient (Wildman–Crippen LogP) is 2.13. The zero-order chi connectivity index (χ0) is 8.27. The van der Waals surface area contributed by atoms with Crippen LogP contribution in [0.2, 0.25) is 0 Å². The Morgan fingerprint density at radius 2 is 2.36 bits per heavy atom. The second-order valence-electron chi connectivity index (χ2n) is 3.33. The van der Waals surface area contributed by atoms with E-state index in [1.807, 2.05) is 0 Å². The van der Waals surface area contributed by atoms with Crippen molar-refractivity contribution in [3.8, 4) is 0 Å². The van der Waals surface area contributed by atoms with Crippen molar-refractivity contribution < 1.29 is 9.53 Å². The molecule has 0 aliphatic carbocycles. The van der Waals surface area contributed by atoms with Crippen molar-refractivity contribution in [1.29, 1.82) is 0 Å². The first-order valence-corrected chi connectivity index (χ1v) is 4.43. The first-order valence-electron chi connectivity index (χ1n) is 4.43. The van der Waals surface area contributed by atoms with Gasteiger partial charge in [0.15, 0.2) is 0 Å². The Balaban J connectivity index is 2.40. The molecule has 11 heavy (non-hydrogen) atoms. The van der Waals surface area contributed by atoms with Gasteiger partial charge in [-0.05, 0) is 18.8 Å². The Labute approximate surface area is 67.9 Å². The number of carbonyl (C=O) groups is 1. The number of hydrogen-bond donors (Lipinski definition) is 0. The molecule has 1 aliphatic rings. The maximum atomic E-state index is 10.9. The molecule has 1 rings (SSSR count). The lowest BCUT2D eigenvalue weighted by Gasteiger charge is -2.28. The van der Waals surface area contributed by atoms with E-state index >= 15 is 0 Å². The van der Waals surface area contributed by atoms with E-state index in [1.165, 1.54) is 0 Å². The van der Waals surface area contributed by atoms with Gasteiger partial charge in [-0.25, -0.2) is 0 Å². The molecule has 1 fully saturated rings. The molecule has 0 aromatic heterocycles. The summed E-state index contributed by atoms with van der Waals surface area (Å²) in [6.45, 7) is 4.28. The molecular weight excluding hydrogens is 140 g/mol. The van der Waals surface area contributed by atoms with E-state index in [2.05, 4.69) is 13.8 Å². The summed E-state index contributed by atoms with van der Waals surface area (Å²) in [6, 6.07) is 0. The molecule has 0 unspecified atom stereocenters. The van der Waals surface area contributed by atoms with Crippen LogP contribution >= 0.6 is 0 Å². The number of cyclic esters (lactones) is 1. The lowest BCUT2D eigenvalue weighted by molar-refractivity contribution is -0.158. The average molecular weight is 156 g/mol. The SMILES string of the molecule is CCC[C@@H]1OC(=O)CC[C@@H]1C. The third-order valence-electron chi connectivity index (χ3n) is 2.29. The summed E-state index contributed by atoms with van der Waals surface area (Å²) >= 11 is 0. The molecule has 0 bridgehead atoms. The lowest BCUT2D eigenvalue weighted by atomic mass is 9.93. The predicted molar refractivity (Wildman–Crippen MR) is 43.2 cm³/mol. The normalized spacial score (nSPS) is 31.6. The van der Waals surface area contributed by atoms with Crippen molar-refractivity contribution in [1.82, 2.24) is 0 Å². The molecule has 0 aromatic rings. The van der Waals surface area contributed by atoms with Crippen LogP contribution in [0.4, 0.5) is 0 Å². The van der Waals surface area contributed by atoms with Crippen molar-refractivity contribution in [2.24, 2.45) is 5.92 Å². The number of esters is 1. The third kappa shape index (κ3) is 2.21. The van der Waals surface area contributed by atoms with E-state index in [0.29, 0.717) is 12.3 Å². The number of rotatable bonds is 2. The molecule has 2 heteroatoms. The van der Waals surface area contributed by atoms with E-state index in [0.717, 1.165) is 19.3 Å². The van der Waals surface area contributed by atoms with Gasteiger partial charge >= 0.3 is 5.97 Å². The molecule has 0 saturated carbocycles. The highest BCUT2D eigenvalue weighted by Gasteiger charge is 2.26. The van der Waals surface area contributed by atoms with Gasteiger partial charge in [0.25, 0.3) is 0 Å². The van der Waals surface area contributed by atoms with Gasteiger partial charge in [0.1, 0.15) is 6.10 Å². The Kier molecular flexibility index (Phi) is 2.92. The van der Waals surface area contributed by atoms with Crippen LogP contribution in [0.5, 0.6) is 0 Å². The average Bonchev–Trinajstić information content (AvgIpc) is 1.98. The van der Waals surface area contributed by atoms with Crippen molar-refractivity contribution in [2.75, 3.05) is 0 Å². The third-order valence-corrected chi connectivity index (χ3v) is 2.29. The second kappa shape index (κ2) is 3.74. The summed E-state index contributed by atoms with van der Waals surface area (Å²) in [4.78, 5) is 10.9. The van der Waals surface area contributed by atoms with Crippen LogP contribution in [0.15, 0.2) is 0 Å². The fourth-order valence-corrected chi connectivity index (χ4v) is 1.50. The lowest BCUT2D eigenvalue weighted by Crippen LogP contribution is -2.30. The smallest absolute Gasteiger partial charge is 0.306 e. The van der Waals surface area contributed by atoms with Gasteiger partial charge in [0.2, 0.25) is 0 Å². The molecular formula is C9H16O2. The molecule has 0 spiro atoms. The minimum absolute atomic E-state index is 0.0125. The number of carbonyl (C=O) groups excluding carboxylic acids is 1. The summed E-state index contributed by atoms with van der Waals surface area (Å²) < 4.78 is 5.20. The number of ether oxygens (including phenoxy) is 1. The minimum atomic E-state index is -0.0125. The van der Waals surface area contributed by atoms with Gasteiger partial charge < -0.3 is 4.74 Å². The molecule has 2 nitrogen and oxygen atoms in total. The highest BCUT2D eigenvalue weighted by atomic mass is 16.5. The summed E-state index contributed by atoms with van der Waals surface area (Å²) in [5.74, 6) is 0.550. The Morgan fingerprint density at radius 1 is 1.64 bits per heavy atom. The topological polar surface area (TPSA) is 26.3 Å². The molecule has 1 heterocycles. The Hall–Kier alpha value is -0.530. The summed E-state index contributed by atoms with van der Waals surface area (Å²) in [5.41, 5.74) is 0. The molecule has 64 valence electrons. The van der Waals surface area contributed by atoms with Gasteiger partial charge in [-0.3, -0.25) is 4.79 Å². The van der Waals surface area contributed by atoms with E-state index in [1.54, 1.807) is 0 Å². The zero-order valence-electron chi connectivity index (χ0n) is 7.30. The van der Waals surface area contributed by atoms with E-state index < -0.39 is 0 Å². The van der Waals surface area contributed by atoms with Gasteiger partial charge in [0.05, 0.1) is 0 Å². The molecule has 0 N–H and O–H groups in total. The summed E-state index contributed by atoms with van der Waals surface area (Å²) in [6.07, 6.45) is 3.93. The van der Waals surface area contributed by atoms with Crippen LogP contribution in [-0.2, 0) is 9.53 Å². The van der Waals surface area contributed by atoms with E-state index in [-0.39, 0.29) is 12.1 Å². The van der Waals surface area contributed by atoms with Crippen LogP contribution in [0.3, 0.4) is 0 Å². The molecule has 1 aliphatic heterocycles.